The molecule has 4 nitrogen and oxygen atoms in total. The smallest absolute Gasteiger partial charge is 0.234 e. The topological polar surface area (TPSA) is 58.2 Å². The third-order valence-electron chi connectivity index (χ3n) is 3.43. The molecule has 0 heterocycles. The molecular formula is C19H21ClN2O2S. The predicted octanol–water partition coefficient (Wildman–Crippen LogP) is 3.68. The molecule has 0 fully saturated rings. The number of thioether (sulfide) groups is 1. The summed E-state index contributed by atoms with van der Waals surface area (Å²) in [6.45, 7) is 2.54. The summed E-state index contributed by atoms with van der Waals surface area (Å²) in [4.78, 5) is 23.6. The molecule has 0 saturated heterocycles. The van der Waals surface area contributed by atoms with Gasteiger partial charge in [-0.05, 0) is 43.2 Å². The molecule has 0 bridgehead atoms. The number of amides is 2. The average molecular weight is 377 g/mol. The molecule has 0 aromatic heterocycles. The fourth-order valence-corrected chi connectivity index (χ4v) is 3.02. The summed E-state index contributed by atoms with van der Waals surface area (Å²) >= 11 is 7.22. The second-order valence-corrected chi connectivity index (χ2v) is 7.06. The first-order chi connectivity index (χ1) is 12.0. The lowest BCUT2D eigenvalue weighted by Gasteiger charge is -2.07. The lowest BCUT2D eigenvalue weighted by atomic mass is 10.1. The van der Waals surface area contributed by atoms with Crippen LogP contribution in [0.4, 0.5) is 5.69 Å². The zero-order valence-corrected chi connectivity index (χ0v) is 15.6. The Labute approximate surface area is 157 Å². The van der Waals surface area contributed by atoms with Crippen molar-refractivity contribution in [3.63, 3.8) is 0 Å². The van der Waals surface area contributed by atoms with Crippen molar-refractivity contribution >= 4 is 40.9 Å². The van der Waals surface area contributed by atoms with Gasteiger partial charge >= 0.3 is 0 Å². The summed E-state index contributed by atoms with van der Waals surface area (Å²) in [5.74, 6) is 0.322. The number of halogens is 1. The lowest BCUT2D eigenvalue weighted by Crippen LogP contribution is -2.28. The molecule has 0 aliphatic carbocycles. The third kappa shape index (κ3) is 7.63. The van der Waals surface area contributed by atoms with E-state index in [4.69, 9.17) is 11.6 Å². The zero-order valence-electron chi connectivity index (χ0n) is 14.0. The summed E-state index contributed by atoms with van der Waals surface area (Å²) in [7, 11) is 0. The van der Waals surface area contributed by atoms with Crippen molar-refractivity contribution < 1.29 is 9.59 Å². The van der Waals surface area contributed by atoms with Crippen LogP contribution < -0.4 is 10.6 Å². The molecule has 2 aromatic rings. The third-order valence-corrected chi connectivity index (χ3v) is 4.59. The van der Waals surface area contributed by atoms with E-state index in [-0.39, 0.29) is 23.3 Å². The van der Waals surface area contributed by atoms with Gasteiger partial charge in [0.25, 0.3) is 0 Å². The summed E-state index contributed by atoms with van der Waals surface area (Å²) < 4.78 is 0. The molecule has 2 aromatic carbocycles. The molecule has 0 spiro atoms. The molecule has 0 unspecified atom stereocenters. The van der Waals surface area contributed by atoms with Crippen molar-refractivity contribution in [2.75, 3.05) is 23.4 Å². The number of nitrogens with one attached hydrogen (secondary N) is 2. The minimum absolute atomic E-state index is 0.0739. The fourth-order valence-electron chi connectivity index (χ4n) is 2.16. The highest BCUT2D eigenvalue weighted by Gasteiger charge is 2.06. The van der Waals surface area contributed by atoms with Gasteiger partial charge in [-0.25, -0.2) is 0 Å². The van der Waals surface area contributed by atoms with Crippen LogP contribution in [0.15, 0.2) is 48.5 Å². The number of carbonyl (C=O) groups is 2. The van der Waals surface area contributed by atoms with E-state index in [1.165, 1.54) is 11.8 Å². The molecule has 2 rings (SSSR count). The first-order valence-corrected chi connectivity index (χ1v) is 9.51. The van der Waals surface area contributed by atoms with E-state index in [1.807, 2.05) is 55.5 Å². The van der Waals surface area contributed by atoms with Crippen LogP contribution in [0.2, 0.25) is 5.02 Å². The summed E-state index contributed by atoms with van der Waals surface area (Å²) in [5.41, 5.74) is 2.99. The van der Waals surface area contributed by atoms with E-state index in [2.05, 4.69) is 10.6 Å². The van der Waals surface area contributed by atoms with Crippen LogP contribution in [0, 0.1) is 6.92 Å². The number of aryl methyl sites for hydroxylation is 1. The fraction of sp³-hybridized carbons (Fsp3) is 0.263. The molecule has 0 aliphatic rings. The number of carbonyl (C=O) groups excluding carboxylic acids is 2. The van der Waals surface area contributed by atoms with Crippen molar-refractivity contribution in [1.82, 2.24) is 5.32 Å². The molecule has 25 heavy (non-hydrogen) atoms. The molecule has 2 amide bonds. The first-order valence-electron chi connectivity index (χ1n) is 7.98. The minimum Gasteiger partial charge on any atom is -0.355 e. The van der Waals surface area contributed by atoms with Crippen LogP contribution in [0.25, 0.3) is 0 Å². The van der Waals surface area contributed by atoms with E-state index in [9.17, 15) is 9.59 Å². The minimum atomic E-state index is -0.111. The molecule has 0 radical (unpaired) electrons. The Balaban J connectivity index is 1.60. The van der Waals surface area contributed by atoms with Gasteiger partial charge in [0.2, 0.25) is 11.8 Å². The Hall–Kier alpha value is -1.98. The van der Waals surface area contributed by atoms with Gasteiger partial charge in [0.1, 0.15) is 0 Å². The molecule has 0 saturated carbocycles. The van der Waals surface area contributed by atoms with Gasteiger partial charge in [-0.15, -0.1) is 11.8 Å². The highest BCUT2D eigenvalue weighted by molar-refractivity contribution is 8.00. The lowest BCUT2D eigenvalue weighted by molar-refractivity contribution is -0.118. The Morgan fingerprint density at radius 3 is 2.48 bits per heavy atom. The molecule has 2 N–H and O–H groups in total. The van der Waals surface area contributed by atoms with E-state index < -0.39 is 0 Å². The summed E-state index contributed by atoms with van der Waals surface area (Å²) in [6, 6.07) is 15.2. The summed E-state index contributed by atoms with van der Waals surface area (Å²) in [5, 5.41) is 6.35. The Morgan fingerprint density at radius 1 is 1.04 bits per heavy atom. The van der Waals surface area contributed by atoms with Crippen LogP contribution in [-0.2, 0) is 16.0 Å². The van der Waals surface area contributed by atoms with Gasteiger partial charge in [0.15, 0.2) is 0 Å². The molecule has 0 atom stereocenters. The van der Waals surface area contributed by atoms with Crippen LogP contribution >= 0.6 is 23.4 Å². The van der Waals surface area contributed by atoms with Crippen molar-refractivity contribution in [3.05, 3.63) is 64.7 Å². The van der Waals surface area contributed by atoms with Gasteiger partial charge in [-0.3, -0.25) is 9.59 Å². The van der Waals surface area contributed by atoms with Crippen LogP contribution in [-0.4, -0.2) is 29.9 Å². The van der Waals surface area contributed by atoms with Gasteiger partial charge in [0.05, 0.1) is 11.5 Å². The maximum absolute atomic E-state index is 11.8. The van der Waals surface area contributed by atoms with Crippen LogP contribution in [0.1, 0.15) is 11.1 Å². The Kier molecular flexibility index (Phi) is 7.82. The van der Waals surface area contributed by atoms with Gasteiger partial charge < -0.3 is 10.6 Å². The second kappa shape index (κ2) is 10.1. The quantitative estimate of drug-likeness (QED) is 0.738. The predicted molar refractivity (Wildman–Crippen MR) is 105 cm³/mol. The van der Waals surface area contributed by atoms with E-state index >= 15 is 0 Å². The largest absolute Gasteiger partial charge is 0.355 e. The van der Waals surface area contributed by atoms with Crippen molar-refractivity contribution in [3.8, 4) is 0 Å². The van der Waals surface area contributed by atoms with E-state index in [0.29, 0.717) is 11.6 Å². The highest BCUT2D eigenvalue weighted by atomic mass is 35.5. The van der Waals surface area contributed by atoms with Crippen molar-refractivity contribution in [2.45, 2.75) is 13.3 Å². The molecule has 6 heteroatoms. The number of hydrogen-bond acceptors (Lipinski definition) is 3. The normalized spacial score (nSPS) is 10.3. The van der Waals surface area contributed by atoms with Crippen LogP contribution in [0.5, 0.6) is 0 Å². The Bertz CT molecular complexity index is 720. The Morgan fingerprint density at radius 2 is 1.76 bits per heavy atom. The van der Waals surface area contributed by atoms with Crippen LogP contribution in [0.3, 0.4) is 0 Å². The van der Waals surface area contributed by atoms with E-state index in [0.717, 1.165) is 23.2 Å². The second-order valence-electron chi connectivity index (χ2n) is 5.64. The molecule has 0 aliphatic heterocycles. The standard InChI is InChI=1S/C19H21ClN2O2S/c1-14-5-7-17(8-6-14)22-19(24)13-25-12-18(23)21-10-9-15-3-2-4-16(20)11-15/h2-8,11H,9-10,12-13H2,1H3,(H,21,23)(H,22,24). The number of benzene rings is 2. The SMILES string of the molecule is Cc1ccc(NC(=O)CSCC(=O)NCCc2cccc(Cl)c2)cc1. The van der Waals surface area contributed by atoms with E-state index in [1.54, 1.807) is 0 Å². The monoisotopic (exact) mass is 376 g/mol. The maximum atomic E-state index is 11.8. The molecular weight excluding hydrogens is 356 g/mol. The maximum Gasteiger partial charge on any atom is 0.234 e. The number of hydrogen-bond donors (Lipinski definition) is 2. The summed E-state index contributed by atoms with van der Waals surface area (Å²) in [6.07, 6.45) is 0.727. The number of rotatable bonds is 8. The highest BCUT2D eigenvalue weighted by Crippen LogP contribution is 2.11. The van der Waals surface area contributed by atoms with Crippen molar-refractivity contribution in [1.29, 1.82) is 0 Å². The average Bonchev–Trinajstić information content (AvgIpc) is 2.57. The number of anilines is 1. The molecule has 132 valence electrons. The zero-order chi connectivity index (χ0) is 18.1. The van der Waals surface area contributed by atoms with Gasteiger partial charge in [-0.1, -0.05) is 41.4 Å². The van der Waals surface area contributed by atoms with Crippen molar-refractivity contribution in [2.24, 2.45) is 0 Å². The van der Waals surface area contributed by atoms with Gasteiger partial charge in [-0.2, -0.15) is 0 Å². The van der Waals surface area contributed by atoms with Gasteiger partial charge in [0, 0.05) is 17.3 Å². The first kappa shape index (κ1) is 19.3.